The summed E-state index contributed by atoms with van der Waals surface area (Å²) in [7, 11) is 0. The van der Waals surface area contributed by atoms with E-state index in [0.717, 1.165) is 39.8 Å². The molecule has 4 heteroatoms. The van der Waals surface area contributed by atoms with E-state index in [2.05, 4.69) is 6.07 Å². The molecule has 94 valence electrons. The normalized spacial score (nSPS) is 15.3. The molecule has 2 heterocycles. The van der Waals surface area contributed by atoms with Crippen LogP contribution in [0.3, 0.4) is 0 Å². The molecule has 0 saturated heterocycles. The van der Waals surface area contributed by atoms with Crippen molar-refractivity contribution in [1.82, 2.24) is 0 Å². The van der Waals surface area contributed by atoms with E-state index < -0.39 is 0 Å². The summed E-state index contributed by atoms with van der Waals surface area (Å²) < 4.78 is 5.50. The van der Waals surface area contributed by atoms with Crippen LogP contribution >= 0.6 is 34.5 Å². The van der Waals surface area contributed by atoms with Gasteiger partial charge in [0.1, 0.15) is 5.75 Å². The third kappa shape index (κ3) is 2.03. The lowest BCUT2D eigenvalue weighted by atomic mass is 10.0. The number of rotatable bonds is 2. The molecule has 0 spiro atoms. The van der Waals surface area contributed by atoms with Gasteiger partial charge in [-0.15, -0.1) is 22.9 Å². The van der Waals surface area contributed by atoms with Crippen LogP contribution in [0.2, 0.25) is 5.02 Å². The van der Waals surface area contributed by atoms with Crippen LogP contribution in [0.1, 0.15) is 26.9 Å². The summed E-state index contributed by atoms with van der Waals surface area (Å²) in [5.74, 6) is 0.982. The minimum absolute atomic E-state index is 0.179. The highest BCUT2D eigenvalue weighted by atomic mass is 35.5. The van der Waals surface area contributed by atoms with Gasteiger partial charge in [-0.3, -0.25) is 0 Å². The van der Waals surface area contributed by atoms with E-state index in [1.165, 1.54) is 5.56 Å². The Bertz CT molecular complexity index is 591. The van der Waals surface area contributed by atoms with E-state index in [4.69, 9.17) is 27.9 Å². The van der Waals surface area contributed by atoms with E-state index >= 15 is 0 Å². The molecule has 3 rings (SSSR count). The molecule has 0 N–H and O–H groups in total. The van der Waals surface area contributed by atoms with Gasteiger partial charge in [-0.2, -0.15) is 0 Å². The third-order valence-electron chi connectivity index (χ3n) is 3.16. The molecular formula is C14H12Cl2OS. The van der Waals surface area contributed by atoms with E-state index in [1.54, 1.807) is 11.3 Å². The molecule has 1 aliphatic heterocycles. The fraction of sp³-hybridized carbons (Fsp3) is 0.286. The summed E-state index contributed by atoms with van der Waals surface area (Å²) in [5.41, 5.74) is 3.42. The first-order chi connectivity index (χ1) is 8.66. The van der Waals surface area contributed by atoms with Crippen molar-refractivity contribution in [1.29, 1.82) is 0 Å². The van der Waals surface area contributed by atoms with E-state index in [0.29, 0.717) is 0 Å². The molecule has 0 saturated carbocycles. The molecule has 18 heavy (non-hydrogen) atoms. The fourth-order valence-corrected chi connectivity index (χ4v) is 3.89. The standard InChI is InChI=1S/C14H12Cl2OS/c1-8-7-18-14(12(8)15)13(16)10-2-3-11-9(6-10)4-5-17-11/h2-3,6-7,13H,4-5H2,1H3. The molecule has 1 nitrogen and oxygen atoms in total. The highest BCUT2D eigenvalue weighted by molar-refractivity contribution is 7.11. The Labute approximate surface area is 120 Å². The molecule has 2 aromatic rings. The Morgan fingerprint density at radius 2 is 2.22 bits per heavy atom. The summed E-state index contributed by atoms with van der Waals surface area (Å²) in [6, 6.07) is 6.15. The number of hydrogen-bond donors (Lipinski definition) is 0. The first-order valence-electron chi connectivity index (χ1n) is 5.80. The molecule has 0 aliphatic carbocycles. The lowest BCUT2D eigenvalue weighted by molar-refractivity contribution is 0.357. The first kappa shape index (κ1) is 12.3. The van der Waals surface area contributed by atoms with Gasteiger partial charge in [0.05, 0.1) is 17.0 Å². The average molecular weight is 299 g/mol. The molecule has 0 radical (unpaired) electrons. The topological polar surface area (TPSA) is 9.23 Å². The van der Waals surface area contributed by atoms with E-state index in [1.807, 2.05) is 24.4 Å². The predicted octanol–water partition coefficient (Wildman–Crippen LogP) is 4.97. The van der Waals surface area contributed by atoms with Crippen molar-refractivity contribution >= 4 is 34.5 Å². The Morgan fingerprint density at radius 3 is 2.94 bits per heavy atom. The summed E-state index contributed by atoms with van der Waals surface area (Å²) in [4.78, 5) is 1.02. The van der Waals surface area contributed by atoms with Gasteiger partial charge in [-0.05, 0) is 35.1 Å². The molecule has 0 bridgehead atoms. The van der Waals surface area contributed by atoms with Crippen molar-refractivity contribution in [3.8, 4) is 5.75 Å². The van der Waals surface area contributed by atoms with Crippen molar-refractivity contribution in [3.05, 3.63) is 50.2 Å². The van der Waals surface area contributed by atoms with Gasteiger partial charge >= 0.3 is 0 Å². The van der Waals surface area contributed by atoms with Gasteiger partial charge in [0.25, 0.3) is 0 Å². The monoisotopic (exact) mass is 298 g/mol. The van der Waals surface area contributed by atoms with E-state index in [-0.39, 0.29) is 5.38 Å². The van der Waals surface area contributed by atoms with Crippen molar-refractivity contribution < 1.29 is 4.74 Å². The van der Waals surface area contributed by atoms with Gasteiger partial charge in [0.2, 0.25) is 0 Å². The maximum atomic E-state index is 6.54. The van der Waals surface area contributed by atoms with Crippen LogP contribution in [0.4, 0.5) is 0 Å². The van der Waals surface area contributed by atoms with Crippen LogP contribution < -0.4 is 4.74 Å². The lowest BCUT2D eigenvalue weighted by Gasteiger charge is -2.10. The minimum atomic E-state index is -0.179. The lowest BCUT2D eigenvalue weighted by Crippen LogP contribution is -1.92. The van der Waals surface area contributed by atoms with Crippen LogP contribution in [0.15, 0.2) is 23.6 Å². The number of aryl methyl sites for hydroxylation is 1. The maximum Gasteiger partial charge on any atom is 0.122 e. The molecule has 1 aromatic carbocycles. The average Bonchev–Trinajstić information content (AvgIpc) is 2.96. The van der Waals surface area contributed by atoms with Crippen molar-refractivity contribution in [2.45, 2.75) is 18.7 Å². The zero-order chi connectivity index (χ0) is 12.7. The zero-order valence-corrected chi connectivity index (χ0v) is 12.2. The fourth-order valence-electron chi connectivity index (χ4n) is 2.14. The van der Waals surface area contributed by atoms with Crippen LogP contribution in [-0.2, 0) is 6.42 Å². The van der Waals surface area contributed by atoms with Gasteiger partial charge in [0, 0.05) is 11.3 Å². The number of ether oxygens (including phenoxy) is 1. The molecule has 1 atom stereocenters. The second-order valence-corrected chi connectivity index (χ2v) is 6.15. The van der Waals surface area contributed by atoms with Gasteiger partial charge in [-0.25, -0.2) is 0 Å². The molecule has 1 unspecified atom stereocenters. The summed E-state index contributed by atoms with van der Waals surface area (Å²) >= 11 is 14.4. The van der Waals surface area contributed by atoms with Crippen LogP contribution in [0, 0.1) is 6.92 Å². The number of halogens is 2. The van der Waals surface area contributed by atoms with E-state index in [9.17, 15) is 0 Å². The summed E-state index contributed by atoms with van der Waals surface area (Å²) in [5, 5.41) is 2.66. The quantitative estimate of drug-likeness (QED) is 0.711. The predicted molar refractivity (Wildman–Crippen MR) is 77.4 cm³/mol. The number of fused-ring (bicyclic) bond motifs is 1. The number of hydrogen-bond acceptors (Lipinski definition) is 2. The Morgan fingerprint density at radius 1 is 1.39 bits per heavy atom. The summed E-state index contributed by atoms with van der Waals surface area (Å²) in [6.07, 6.45) is 0.962. The van der Waals surface area contributed by atoms with Gasteiger partial charge in [0.15, 0.2) is 0 Å². The second-order valence-electron chi connectivity index (χ2n) is 4.43. The van der Waals surface area contributed by atoms with Crippen LogP contribution in [0.25, 0.3) is 0 Å². The number of thiophene rings is 1. The molecule has 1 aromatic heterocycles. The molecule has 0 amide bonds. The van der Waals surface area contributed by atoms with Crippen LogP contribution in [-0.4, -0.2) is 6.61 Å². The van der Waals surface area contributed by atoms with Crippen molar-refractivity contribution in [2.75, 3.05) is 6.61 Å². The first-order valence-corrected chi connectivity index (χ1v) is 7.49. The third-order valence-corrected chi connectivity index (χ3v) is 5.54. The smallest absolute Gasteiger partial charge is 0.122 e. The van der Waals surface area contributed by atoms with Gasteiger partial charge < -0.3 is 4.74 Å². The molecule has 0 fully saturated rings. The number of benzene rings is 1. The highest BCUT2D eigenvalue weighted by Gasteiger charge is 2.20. The SMILES string of the molecule is Cc1csc(C(Cl)c2ccc3c(c2)CCO3)c1Cl. The van der Waals surface area contributed by atoms with Crippen LogP contribution in [0.5, 0.6) is 5.75 Å². The molecular weight excluding hydrogens is 287 g/mol. The Hall–Kier alpha value is -0.700. The molecule has 1 aliphatic rings. The van der Waals surface area contributed by atoms with Crippen molar-refractivity contribution in [2.24, 2.45) is 0 Å². The Kier molecular flexibility index (Phi) is 3.27. The van der Waals surface area contributed by atoms with Crippen molar-refractivity contribution in [3.63, 3.8) is 0 Å². The zero-order valence-electron chi connectivity index (χ0n) is 9.87. The second kappa shape index (κ2) is 4.76. The maximum absolute atomic E-state index is 6.54. The minimum Gasteiger partial charge on any atom is -0.493 e. The highest BCUT2D eigenvalue weighted by Crippen LogP contribution is 2.41. The summed E-state index contributed by atoms with van der Waals surface area (Å²) in [6.45, 7) is 2.77. The van der Waals surface area contributed by atoms with Gasteiger partial charge in [-0.1, -0.05) is 23.7 Å². The number of alkyl halides is 1. The largest absolute Gasteiger partial charge is 0.493 e. The Balaban J connectivity index is 1.97.